The summed E-state index contributed by atoms with van der Waals surface area (Å²) in [6, 6.07) is 3.99. The fraction of sp³-hybridized carbons (Fsp3) is 0.500. The Hall–Kier alpha value is -2.55. The summed E-state index contributed by atoms with van der Waals surface area (Å²) in [7, 11) is 0. The molecule has 24 heavy (non-hydrogen) atoms. The predicted molar refractivity (Wildman–Crippen MR) is 88.2 cm³/mol. The molecule has 0 spiro atoms. The molecule has 0 amide bonds. The quantitative estimate of drug-likeness (QED) is 0.921. The Labute approximate surface area is 141 Å². The largest absolute Gasteiger partial charge is 0.444 e. The Balaban J connectivity index is 2.17. The van der Waals surface area contributed by atoms with Gasteiger partial charge in [0.25, 0.3) is 0 Å². The molecule has 0 fully saturated rings. The van der Waals surface area contributed by atoms with Crippen LogP contribution < -0.4 is 5.73 Å². The van der Waals surface area contributed by atoms with Crippen molar-refractivity contribution in [3.63, 3.8) is 0 Å². The van der Waals surface area contributed by atoms with E-state index < -0.39 is 5.92 Å². The molecule has 126 valence electrons. The molecule has 1 aliphatic heterocycles. The topological polar surface area (TPSA) is 93.9 Å². The van der Waals surface area contributed by atoms with Crippen LogP contribution in [0.5, 0.6) is 0 Å². The summed E-state index contributed by atoms with van der Waals surface area (Å²) in [4.78, 5) is 12.8. The van der Waals surface area contributed by atoms with E-state index in [1.807, 2.05) is 24.6 Å². The first-order valence-corrected chi connectivity index (χ1v) is 8.23. The van der Waals surface area contributed by atoms with Crippen LogP contribution in [-0.4, -0.2) is 15.6 Å². The fourth-order valence-electron chi connectivity index (χ4n) is 3.57. The van der Waals surface area contributed by atoms with Crippen LogP contribution in [0.1, 0.15) is 51.6 Å². The smallest absolute Gasteiger partial charge is 0.205 e. The third-order valence-electron chi connectivity index (χ3n) is 4.56. The van der Waals surface area contributed by atoms with E-state index in [9.17, 15) is 10.1 Å². The van der Waals surface area contributed by atoms with E-state index in [1.54, 1.807) is 6.20 Å². The van der Waals surface area contributed by atoms with E-state index in [-0.39, 0.29) is 17.1 Å². The minimum absolute atomic E-state index is 0.0238. The molecule has 2 heterocycles. The van der Waals surface area contributed by atoms with Crippen LogP contribution in [0.25, 0.3) is 0 Å². The van der Waals surface area contributed by atoms with Gasteiger partial charge in [0.05, 0.1) is 11.6 Å². The van der Waals surface area contributed by atoms with Crippen LogP contribution in [0.4, 0.5) is 0 Å². The Kier molecular flexibility index (Phi) is 3.96. The number of allylic oxidation sites excluding steroid dienone is 3. The van der Waals surface area contributed by atoms with Gasteiger partial charge in [-0.2, -0.15) is 10.4 Å². The number of nitrogens with two attached hydrogens (primary N) is 1. The van der Waals surface area contributed by atoms with Crippen molar-refractivity contribution < 1.29 is 9.53 Å². The highest BCUT2D eigenvalue weighted by Crippen LogP contribution is 2.47. The van der Waals surface area contributed by atoms with Gasteiger partial charge in [-0.25, -0.2) is 0 Å². The van der Waals surface area contributed by atoms with Crippen LogP contribution in [0.2, 0.25) is 0 Å². The summed E-state index contributed by atoms with van der Waals surface area (Å²) in [6.45, 7) is 6.85. The number of nitriles is 1. The predicted octanol–water partition coefficient (Wildman–Crippen LogP) is 2.74. The number of carbonyl (C=O) groups is 1. The lowest BCUT2D eigenvalue weighted by molar-refractivity contribution is -0.119. The maximum Gasteiger partial charge on any atom is 0.205 e. The zero-order chi connectivity index (χ0) is 17.5. The Morgan fingerprint density at radius 2 is 2.25 bits per heavy atom. The van der Waals surface area contributed by atoms with Gasteiger partial charge < -0.3 is 10.5 Å². The van der Waals surface area contributed by atoms with Crippen molar-refractivity contribution in [3.8, 4) is 6.07 Å². The SMILES string of the molecule is CCCn1nccc1[C@@H]1C(C#N)=C(N)OC2=C1C(=O)CC(C)(C)C2. The monoisotopic (exact) mass is 326 g/mol. The first-order chi connectivity index (χ1) is 11.4. The van der Waals surface area contributed by atoms with Gasteiger partial charge in [-0.1, -0.05) is 20.8 Å². The lowest BCUT2D eigenvalue weighted by Crippen LogP contribution is -2.34. The molecule has 0 bridgehead atoms. The summed E-state index contributed by atoms with van der Waals surface area (Å²) in [5.74, 6) is 0.227. The third-order valence-corrected chi connectivity index (χ3v) is 4.56. The number of ether oxygens (including phenoxy) is 1. The summed E-state index contributed by atoms with van der Waals surface area (Å²) in [6.07, 6.45) is 3.67. The van der Waals surface area contributed by atoms with Gasteiger partial charge in [-0.05, 0) is 17.9 Å². The van der Waals surface area contributed by atoms with Crippen LogP contribution in [-0.2, 0) is 16.1 Å². The number of ketones is 1. The van der Waals surface area contributed by atoms with E-state index in [1.165, 1.54) is 0 Å². The molecular formula is C18H22N4O2. The van der Waals surface area contributed by atoms with Crippen LogP contribution in [0.3, 0.4) is 0 Å². The minimum Gasteiger partial charge on any atom is -0.444 e. The molecule has 0 aromatic carbocycles. The van der Waals surface area contributed by atoms with Crippen molar-refractivity contribution in [1.29, 1.82) is 5.26 Å². The first-order valence-electron chi connectivity index (χ1n) is 8.23. The number of aryl methyl sites for hydroxylation is 1. The molecule has 0 saturated heterocycles. The molecule has 6 heteroatoms. The number of rotatable bonds is 3. The maximum absolute atomic E-state index is 12.8. The first kappa shape index (κ1) is 16.3. The molecule has 1 atom stereocenters. The van der Waals surface area contributed by atoms with E-state index >= 15 is 0 Å². The second-order valence-corrected chi connectivity index (χ2v) is 7.18. The van der Waals surface area contributed by atoms with Crippen molar-refractivity contribution in [2.75, 3.05) is 0 Å². The van der Waals surface area contributed by atoms with E-state index in [0.29, 0.717) is 29.7 Å². The molecule has 0 radical (unpaired) electrons. The van der Waals surface area contributed by atoms with E-state index in [0.717, 1.165) is 18.7 Å². The standard InChI is InChI=1S/C18H22N4O2/c1-4-7-22-12(5-6-21-22)15-11(10-19)17(20)24-14-9-18(2,3)8-13(23)16(14)15/h5-6,15H,4,7-9,20H2,1-3H3/t15-/m0/s1. The Morgan fingerprint density at radius 1 is 1.50 bits per heavy atom. The van der Waals surface area contributed by atoms with Gasteiger partial charge in [0, 0.05) is 31.2 Å². The highest BCUT2D eigenvalue weighted by Gasteiger charge is 2.43. The molecule has 1 aromatic rings. The Bertz CT molecular complexity index is 792. The average molecular weight is 326 g/mol. The summed E-state index contributed by atoms with van der Waals surface area (Å²) < 4.78 is 7.54. The highest BCUT2D eigenvalue weighted by molar-refractivity contribution is 5.99. The summed E-state index contributed by atoms with van der Waals surface area (Å²) in [5, 5.41) is 13.9. The molecule has 0 unspecified atom stereocenters. The normalized spacial score (nSPS) is 22.9. The van der Waals surface area contributed by atoms with Crippen molar-refractivity contribution in [2.45, 2.75) is 52.5 Å². The molecule has 1 aromatic heterocycles. The zero-order valence-electron chi connectivity index (χ0n) is 14.3. The number of hydrogen-bond acceptors (Lipinski definition) is 5. The lowest BCUT2D eigenvalue weighted by atomic mass is 9.71. The molecule has 6 nitrogen and oxygen atoms in total. The van der Waals surface area contributed by atoms with Crippen LogP contribution in [0.15, 0.2) is 35.1 Å². The van der Waals surface area contributed by atoms with Gasteiger partial charge in [-0.3, -0.25) is 9.48 Å². The molecule has 0 saturated carbocycles. The summed E-state index contributed by atoms with van der Waals surface area (Å²) >= 11 is 0. The van der Waals surface area contributed by atoms with Crippen molar-refractivity contribution in [3.05, 3.63) is 40.7 Å². The molecule has 1 aliphatic carbocycles. The van der Waals surface area contributed by atoms with Crippen molar-refractivity contribution in [1.82, 2.24) is 9.78 Å². The van der Waals surface area contributed by atoms with Crippen molar-refractivity contribution in [2.24, 2.45) is 11.1 Å². The van der Waals surface area contributed by atoms with Gasteiger partial charge >= 0.3 is 0 Å². The van der Waals surface area contributed by atoms with E-state index in [4.69, 9.17) is 10.5 Å². The van der Waals surface area contributed by atoms with Gasteiger partial charge in [0.1, 0.15) is 17.4 Å². The molecule has 3 rings (SSSR count). The minimum atomic E-state index is -0.489. The molecular weight excluding hydrogens is 304 g/mol. The lowest BCUT2D eigenvalue weighted by Gasteiger charge is -2.37. The third kappa shape index (κ3) is 2.60. The van der Waals surface area contributed by atoms with Gasteiger partial charge in [0.15, 0.2) is 5.78 Å². The summed E-state index contributed by atoms with van der Waals surface area (Å²) in [5.41, 5.74) is 7.52. The van der Waals surface area contributed by atoms with Crippen molar-refractivity contribution >= 4 is 5.78 Å². The number of carbonyl (C=O) groups excluding carboxylic acids is 1. The van der Waals surface area contributed by atoms with Crippen LogP contribution >= 0.6 is 0 Å². The second kappa shape index (κ2) is 5.82. The molecule has 2 N–H and O–H groups in total. The number of hydrogen-bond donors (Lipinski definition) is 1. The van der Waals surface area contributed by atoms with Gasteiger partial charge in [-0.15, -0.1) is 0 Å². The van der Waals surface area contributed by atoms with Gasteiger partial charge in [0.2, 0.25) is 5.88 Å². The fourth-order valence-corrected chi connectivity index (χ4v) is 3.57. The average Bonchev–Trinajstić information content (AvgIpc) is 2.92. The Morgan fingerprint density at radius 3 is 2.92 bits per heavy atom. The number of nitrogens with zero attached hydrogens (tertiary/aromatic N) is 3. The van der Waals surface area contributed by atoms with E-state index in [2.05, 4.69) is 18.1 Å². The molecule has 2 aliphatic rings. The zero-order valence-corrected chi connectivity index (χ0v) is 14.3. The highest BCUT2D eigenvalue weighted by atomic mass is 16.5. The number of Topliss-reactive ketones (excluding diaryl/α,β-unsaturated/α-hetero) is 1. The maximum atomic E-state index is 12.8. The second-order valence-electron chi connectivity index (χ2n) is 7.18. The number of aromatic nitrogens is 2. The van der Waals surface area contributed by atoms with Crippen LogP contribution in [0, 0.1) is 16.7 Å².